The van der Waals surface area contributed by atoms with Crippen molar-refractivity contribution < 1.29 is 14.0 Å². The zero-order valence-electron chi connectivity index (χ0n) is 14.9. The quantitative estimate of drug-likeness (QED) is 0.818. The number of benzene rings is 1. The highest BCUT2D eigenvalue weighted by Gasteiger charge is 2.50. The van der Waals surface area contributed by atoms with Crippen LogP contribution in [0.4, 0.5) is 10.1 Å². The molecule has 2 fully saturated rings. The van der Waals surface area contributed by atoms with Crippen molar-refractivity contribution in [1.82, 2.24) is 9.80 Å². The van der Waals surface area contributed by atoms with E-state index in [2.05, 4.69) is 0 Å². The van der Waals surface area contributed by atoms with Crippen LogP contribution in [0.5, 0.6) is 0 Å². The molecule has 0 N–H and O–H groups in total. The summed E-state index contributed by atoms with van der Waals surface area (Å²) < 4.78 is 13.9. The minimum Gasteiger partial charge on any atom is -0.366 e. The number of piperazine rings is 1. The standard InChI is InChI=1S/C19H26FN3O2/c1-3-21(4-2)18(24)14-13-15(14)19(25)23-11-9-22(10-12-23)17-8-6-5-7-16(17)20/h5-8,14-15H,3-4,9-13H2,1-2H3. The molecule has 6 heteroatoms. The second kappa shape index (κ2) is 7.42. The van der Waals surface area contributed by atoms with E-state index in [1.807, 2.05) is 29.7 Å². The normalized spacial score (nSPS) is 22.7. The van der Waals surface area contributed by atoms with Crippen molar-refractivity contribution in [3.05, 3.63) is 30.1 Å². The third-order valence-corrected chi connectivity index (χ3v) is 5.28. The van der Waals surface area contributed by atoms with Crippen molar-refractivity contribution in [2.45, 2.75) is 20.3 Å². The van der Waals surface area contributed by atoms with Gasteiger partial charge in [-0.15, -0.1) is 0 Å². The molecule has 1 saturated carbocycles. The van der Waals surface area contributed by atoms with Gasteiger partial charge in [-0.3, -0.25) is 9.59 Å². The summed E-state index contributed by atoms with van der Waals surface area (Å²) in [6.07, 6.45) is 0.668. The van der Waals surface area contributed by atoms with Gasteiger partial charge in [-0.2, -0.15) is 0 Å². The zero-order chi connectivity index (χ0) is 18.0. The molecule has 2 aliphatic rings. The predicted octanol–water partition coefficient (Wildman–Crippen LogP) is 1.98. The Hall–Kier alpha value is -2.11. The summed E-state index contributed by atoms with van der Waals surface area (Å²) in [6, 6.07) is 6.73. The van der Waals surface area contributed by atoms with Crippen LogP contribution in [0.1, 0.15) is 20.3 Å². The fraction of sp³-hybridized carbons (Fsp3) is 0.579. The molecule has 3 rings (SSSR count). The lowest BCUT2D eigenvalue weighted by Gasteiger charge is -2.36. The second-order valence-electron chi connectivity index (χ2n) is 6.72. The number of amides is 2. The number of hydrogen-bond donors (Lipinski definition) is 0. The maximum absolute atomic E-state index is 13.9. The van der Waals surface area contributed by atoms with Crippen LogP contribution < -0.4 is 4.90 Å². The van der Waals surface area contributed by atoms with Gasteiger partial charge in [0.25, 0.3) is 0 Å². The summed E-state index contributed by atoms with van der Waals surface area (Å²) in [4.78, 5) is 30.6. The Morgan fingerprint density at radius 3 is 2.32 bits per heavy atom. The van der Waals surface area contributed by atoms with Crippen molar-refractivity contribution >= 4 is 17.5 Å². The molecule has 2 atom stereocenters. The molecule has 1 aromatic rings. The van der Waals surface area contributed by atoms with Crippen LogP contribution in [0.25, 0.3) is 0 Å². The summed E-state index contributed by atoms with van der Waals surface area (Å²) in [5, 5.41) is 0. The molecule has 0 aromatic heterocycles. The minimum atomic E-state index is -0.227. The lowest BCUT2D eigenvalue weighted by Crippen LogP contribution is -2.49. The van der Waals surface area contributed by atoms with Gasteiger partial charge < -0.3 is 14.7 Å². The van der Waals surface area contributed by atoms with E-state index in [0.29, 0.717) is 51.4 Å². The summed E-state index contributed by atoms with van der Waals surface area (Å²) in [6.45, 7) is 7.70. The highest BCUT2D eigenvalue weighted by molar-refractivity contribution is 5.92. The van der Waals surface area contributed by atoms with Crippen LogP contribution in [-0.2, 0) is 9.59 Å². The number of nitrogens with zero attached hydrogens (tertiary/aromatic N) is 3. The molecule has 1 heterocycles. The molecule has 0 spiro atoms. The fourth-order valence-corrected chi connectivity index (χ4v) is 3.62. The van der Waals surface area contributed by atoms with E-state index in [-0.39, 0.29) is 29.5 Å². The SMILES string of the molecule is CCN(CC)C(=O)C1CC1C(=O)N1CCN(c2ccccc2F)CC1. The van der Waals surface area contributed by atoms with Gasteiger partial charge in [-0.25, -0.2) is 4.39 Å². The maximum Gasteiger partial charge on any atom is 0.226 e. The molecular formula is C19H26FN3O2. The van der Waals surface area contributed by atoms with Gasteiger partial charge in [0.2, 0.25) is 11.8 Å². The molecule has 1 aliphatic heterocycles. The highest BCUT2D eigenvalue weighted by Crippen LogP contribution is 2.41. The number of carbonyl (C=O) groups is 2. The van der Waals surface area contributed by atoms with Gasteiger partial charge in [0.05, 0.1) is 17.5 Å². The third-order valence-electron chi connectivity index (χ3n) is 5.28. The molecule has 2 unspecified atom stereocenters. The van der Waals surface area contributed by atoms with Crippen molar-refractivity contribution in [2.24, 2.45) is 11.8 Å². The summed E-state index contributed by atoms with van der Waals surface area (Å²) >= 11 is 0. The first-order chi connectivity index (χ1) is 12.1. The van der Waals surface area contributed by atoms with E-state index in [0.717, 1.165) is 0 Å². The molecule has 1 aliphatic carbocycles. The van der Waals surface area contributed by atoms with Gasteiger partial charge >= 0.3 is 0 Å². The number of anilines is 1. The van der Waals surface area contributed by atoms with Crippen molar-refractivity contribution in [2.75, 3.05) is 44.2 Å². The number of halogens is 1. The van der Waals surface area contributed by atoms with Crippen molar-refractivity contribution in [1.29, 1.82) is 0 Å². The summed E-state index contributed by atoms with van der Waals surface area (Å²) in [7, 11) is 0. The number of rotatable bonds is 5. The number of hydrogen-bond acceptors (Lipinski definition) is 3. The van der Waals surface area contributed by atoms with Crippen molar-refractivity contribution in [3.8, 4) is 0 Å². The van der Waals surface area contributed by atoms with Gasteiger partial charge in [0.1, 0.15) is 5.82 Å². The van der Waals surface area contributed by atoms with Gasteiger partial charge in [0.15, 0.2) is 0 Å². The molecular weight excluding hydrogens is 321 g/mol. The van der Waals surface area contributed by atoms with Crippen molar-refractivity contribution in [3.63, 3.8) is 0 Å². The monoisotopic (exact) mass is 347 g/mol. The molecule has 0 bridgehead atoms. The average Bonchev–Trinajstić information content (AvgIpc) is 3.43. The van der Waals surface area contributed by atoms with E-state index in [1.54, 1.807) is 17.0 Å². The molecule has 136 valence electrons. The molecule has 0 radical (unpaired) electrons. The summed E-state index contributed by atoms with van der Waals surface area (Å²) in [5.41, 5.74) is 0.593. The van der Waals surface area contributed by atoms with Crippen LogP contribution in [0.3, 0.4) is 0 Å². The van der Waals surface area contributed by atoms with Gasteiger partial charge in [0, 0.05) is 39.3 Å². The van der Waals surface area contributed by atoms with E-state index >= 15 is 0 Å². The fourth-order valence-electron chi connectivity index (χ4n) is 3.62. The first kappa shape index (κ1) is 17.7. The molecule has 5 nitrogen and oxygen atoms in total. The van der Waals surface area contributed by atoms with E-state index in [9.17, 15) is 14.0 Å². The third kappa shape index (κ3) is 3.62. The Labute approximate surface area is 148 Å². The molecule has 1 aromatic carbocycles. The van der Waals surface area contributed by atoms with Gasteiger partial charge in [-0.05, 0) is 32.4 Å². The second-order valence-corrected chi connectivity index (χ2v) is 6.72. The number of para-hydroxylation sites is 1. The minimum absolute atomic E-state index is 0.0821. The lowest BCUT2D eigenvalue weighted by atomic mass is 10.2. The Morgan fingerprint density at radius 2 is 1.72 bits per heavy atom. The van der Waals surface area contributed by atoms with Crippen LogP contribution >= 0.6 is 0 Å². The largest absolute Gasteiger partial charge is 0.366 e. The Morgan fingerprint density at radius 1 is 1.08 bits per heavy atom. The topological polar surface area (TPSA) is 43.9 Å². The highest BCUT2D eigenvalue weighted by atomic mass is 19.1. The zero-order valence-corrected chi connectivity index (χ0v) is 14.9. The number of carbonyl (C=O) groups excluding carboxylic acids is 2. The molecule has 2 amide bonds. The van der Waals surface area contributed by atoms with Crippen LogP contribution in [0.2, 0.25) is 0 Å². The molecule has 25 heavy (non-hydrogen) atoms. The van der Waals surface area contributed by atoms with E-state index in [4.69, 9.17) is 0 Å². The molecule has 1 saturated heterocycles. The smallest absolute Gasteiger partial charge is 0.226 e. The Bertz CT molecular complexity index is 639. The summed E-state index contributed by atoms with van der Waals surface area (Å²) in [5.74, 6) is -0.341. The Kier molecular flexibility index (Phi) is 5.25. The first-order valence-corrected chi connectivity index (χ1v) is 9.13. The van der Waals surface area contributed by atoms with E-state index in [1.165, 1.54) is 6.07 Å². The maximum atomic E-state index is 13.9. The average molecular weight is 347 g/mol. The van der Waals surface area contributed by atoms with Crippen LogP contribution in [0.15, 0.2) is 24.3 Å². The van der Waals surface area contributed by atoms with Crippen LogP contribution in [0, 0.1) is 17.7 Å². The Balaban J connectivity index is 1.53. The first-order valence-electron chi connectivity index (χ1n) is 9.13. The van der Waals surface area contributed by atoms with E-state index < -0.39 is 0 Å². The lowest BCUT2D eigenvalue weighted by molar-refractivity contribution is -0.138. The predicted molar refractivity (Wildman–Crippen MR) is 94.7 cm³/mol. The van der Waals surface area contributed by atoms with Gasteiger partial charge in [-0.1, -0.05) is 12.1 Å². The van der Waals surface area contributed by atoms with Crippen LogP contribution in [-0.4, -0.2) is 60.9 Å².